The lowest BCUT2D eigenvalue weighted by Crippen LogP contribution is -2.55. The maximum absolute atomic E-state index is 11.2. The highest BCUT2D eigenvalue weighted by atomic mass is 16.6. The Morgan fingerprint density at radius 2 is 1.60 bits per heavy atom. The van der Waals surface area contributed by atoms with Crippen LogP contribution in [-0.4, -0.2) is 9.85 Å². The molecule has 1 aromatic rings. The highest BCUT2D eigenvalue weighted by Gasteiger charge is 2.59. The van der Waals surface area contributed by atoms with Gasteiger partial charge in [0, 0.05) is 18.1 Å². The van der Waals surface area contributed by atoms with E-state index < -0.39 is 9.85 Å². The van der Waals surface area contributed by atoms with Gasteiger partial charge in [-0.25, -0.2) is 0 Å². The van der Waals surface area contributed by atoms with Gasteiger partial charge in [-0.1, -0.05) is 13.8 Å². The van der Waals surface area contributed by atoms with Crippen LogP contribution in [0.3, 0.4) is 0 Å². The maximum atomic E-state index is 11.2. The zero-order valence-corrected chi connectivity index (χ0v) is 11.4. The number of hydrogen-bond acceptors (Lipinski definition) is 4. The van der Waals surface area contributed by atoms with Crippen LogP contribution in [0.25, 0.3) is 0 Å². The summed E-state index contributed by atoms with van der Waals surface area (Å²) in [6.07, 6.45) is 0.835. The van der Waals surface area contributed by atoms with E-state index in [1.807, 2.05) is 0 Å². The standard InChI is InChI=1S/C14H16N2O4/c1-7-8(2)13-9(7)6-10(13)14-11(15(17)18)4-3-5-12(14)16(19)20/h3-5,7-10,13H,6H2,1-2H3/t7-,8?,9?,10?,13-/m0/s1. The van der Waals surface area contributed by atoms with E-state index in [-0.39, 0.29) is 17.3 Å². The second kappa shape index (κ2) is 4.26. The van der Waals surface area contributed by atoms with Crippen molar-refractivity contribution >= 4 is 11.4 Å². The van der Waals surface area contributed by atoms with Crippen molar-refractivity contribution in [2.45, 2.75) is 26.2 Å². The summed E-state index contributed by atoms with van der Waals surface area (Å²) in [5.41, 5.74) is 0.131. The maximum Gasteiger partial charge on any atom is 0.279 e. The van der Waals surface area contributed by atoms with E-state index >= 15 is 0 Å². The molecular weight excluding hydrogens is 260 g/mol. The third-order valence-corrected chi connectivity index (χ3v) is 5.42. The Balaban J connectivity index is 2.04. The third-order valence-electron chi connectivity index (χ3n) is 5.42. The molecule has 0 spiro atoms. The molecule has 2 aliphatic carbocycles. The molecule has 20 heavy (non-hydrogen) atoms. The van der Waals surface area contributed by atoms with E-state index in [4.69, 9.17) is 0 Å². The zero-order chi connectivity index (χ0) is 14.6. The molecule has 0 aromatic heterocycles. The van der Waals surface area contributed by atoms with Crippen molar-refractivity contribution in [3.8, 4) is 0 Å². The van der Waals surface area contributed by atoms with Gasteiger partial charge in [-0.15, -0.1) is 0 Å². The first-order valence-electron chi connectivity index (χ1n) is 6.85. The molecule has 6 nitrogen and oxygen atoms in total. The van der Waals surface area contributed by atoms with Crippen molar-refractivity contribution < 1.29 is 9.85 Å². The van der Waals surface area contributed by atoms with E-state index in [1.165, 1.54) is 18.2 Å². The van der Waals surface area contributed by atoms with Crippen molar-refractivity contribution in [1.82, 2.24) is 0 Å². The summed E-state index contributed by atoms with van der Waals surface area (Å²) >= 11 is 0. The van der Waals surface area contributed by atoms with Gasteiger partial charge in [0.1, 0.15) is 5.56 Å². The average molecular weight is 276 g/mol. The van der Waals surface area contributed by atoms with Crippen LogP contribution in [-0.2, 0) is 0 Å². The quantitative estimate of drug-likeness (QED) is 0.624. The molecule has 106 valence electrons. The average Bonchev–Trinajstić information content (AvgIpc) is 2.37. The molecule has 0 aliphatic heterocycles. The fourth-order valence-electron chi connectivity index (χ4n) is 4.18. The van der Waals surface area contributed by atoms with Gasteiger partial charge in [0.2, 0.25) is 0 Å². The van der Waals surface area contributed by atoms with Crippen molar-refractivity contribution in [3.05, 3.63) is 44.0 Å². The Bertz CT molecular complexity index is 563. The van der Waals surface area contributed by atoms with Gasteiger partial charge in [-0.3, -0.25) is 20.2 Å². The summed E-state index contributed by atoms with van der Waals surface area (Å²) in [6, 6.07) is 4.15. The second-order valence-corrected chi connectivity index (χ2v) is 6.03. The fourth-order valence-corrected chi connectivity index (χ4v) is 4.18. The first kappa shape index (κ1) is 13.0. The molecular formula is C14H16N2O4. The van der Waals surface area contributed by atoms with E-state index in [1.54, 1.807) is 0 Å². The highest BCUT2D eigenvalue weighted by Crippen LogP contribution is 2.66. The monoisotopic (exact) mass is 276 g/mol. The van der Waals surface area contributed by atoms with Gasteiger partial charge in [-0.2, -0.15) is 0 Å². The number of nitro groups is 2. The van der Waals surface area contributed by atoms with Crippen LogP contribution >= 0.6 is 0 Å². The van der Waals surface area contributed by atoms with Crippen molar-refractivity contribution in [1.29, 1.82) is 0 Å². The van der Waals surface area contributed by atoms with Gasteiger partial charge >= 0.3 is 0 Å². The lowest BCUT2D eigenvalue weighted by Gasteiger charge is -2.62. The van der Waals surface area contributed by atoms with Gasteiger partial charge < -0.3 is 0 Å². The highest BCUT2D eigenvalue weighted by molar-refractivity contribution is 5.57. The molecule has 5 atom stereocenters. The molecule has 3 rings (SSSR count). The van der Waals surface area contributed by atoms with Crippen molar-refractivity contribution in [2.75, 3.05) is 0 Å². The van der Waals surface area contributed by atoms with Crippen LogP contribution in [0.4, 0.5) is 11.4 Å². The molecule has 0 saturated heterocycles. The van der Waals surface area contributed by atoms with Gasteiger partial charge in [-0.05, 0) is 36.2 Å². The van der Waals surface area contributed by atoms with E-state index in [0.29, 0.717) is 29.2 Å². The zero-order valence-electron chi connectivity index (χ0n) is 11.4. The summed E-state index contributed by atoms with van der Waals surface area (Å²) in [5, 5.41) is 22.4. The van der Waals surface area contributed by atoms with E-state index in [2.05, 4.69) is 13.8 Å². The van der Waals surface area contributed by atoms with Crippen LogP contribution in [0.5, 0.6) is 0 Å². The van der Waals surface area contributed by atoms with Crippen LogP contribution < -0.4 is 0 Å². The minimum absolute atomic E-state index is 0.0341. The number of nitro benzene ring substituents is 2. The summed E-state index contributed by atoms with van der Waals surface area (Å²) in [6.45, 7) is 4.33. The van der Waals surface area contributed by atoms with Gasteiger partial charge in [0.05, 0.1) is 9.85 Å². The summed E-state index contributed by atoms with van der Waals surface area (Å²) < 4.78 is 0. The summed E-state index contributed by atoms with van der Waals surface area (Å²) in [7, 11) is 0. The number of hydrogen-bond donors (Lipinski definition) is 0. The Hall–Kier alpha value is -1.98. The van der Waals surface area contributed by atoms with Crippen LogP contribution in [0.15, 0.2) is 18.2 Å². The summed E-state index contributed by atoms with van der Waals surface area (Å²) in [5.74, 6) is 2.02. The summed E-state index contributed by atoms with van der Waals surface area (Å²) in [4.78, 5) is 21.4. The largest absolute Gasteiger partial charge is 0.279 e. The Labute approximate surface area is 116 Å². The first-order valence-corrected chi connectivity index (χ1v) is 6.85. The minimum Gasteiger partial charge on any atom is -0.258 e. The topological polar surface area (TPSA) is 86.3 Å². The number of fused-ring (bicyclic) bond motifs is 1. The number of benzene rings is 1. The first-order chi connectivity index (χ1) is 9.43. The van der Waals surface area contributed by atoms with Gasteiger partial charge in [0.15, 0.2) is 0 Å². The molecule has 2 saturated carbocycles. The molecule has 6 heteroatoms. The Morgan fingerprint density at radius 1 is 1.05 bits per heavy atom. The molecule has 0 heterocycles. The molecule has 2 aliphatic rings. The SMILES string of the molecule is CC1[C@H](C)C2CC(c3c([N+](=O)[O-])cccc3[N+](=O)[O-])[C@@H]12. The minimum atomic E-state index is -0.498. The smallest absolute Gasteiger partial charge is 0.258 e. The van der Waals surface area contributed by atoms with E-state index in [0.717, 1.165) is 6.42 Å². The van der Waals surface area contributed by atoms with Crippen LogP contribution in [0.2, 0.25) is 0 Å². The van der Waals surface area contributed by atoms with Gasteiger partial charge in [0.25, 0.3) is 11.4 Å². The molecule has 1 aromatic carbocycles. The molecule has 0 bridgehead atoms. The molecule has 3 unspecified atom stereocenters. The van der Waals surface area contributed by atoms with E-state index in [9.17, 15) is 20.2 Å². The fraction of sp³-hybridized carbons (Fsp3) is 0.571. The lowest BCUT2D eigenvalue weighted by atomic mass is 9.42. The van der Waals surface area contributed by atoms with Crippen molar-refractivity contribution in [3.63, 3.8) is 0 Å². The molecule has 0 N–H and O–H groups in total. The predicted octanol–water partition coefficient (Wildman–Crippen LogP) is 3.51. The normalized spacial score (nSPS) is 34.6. The third kappa shape index (κ3) is 1.57. The van der Waals surface area contributed by atoms with Crippen LogP contribution in [0, 0.1) is 43.9 Å². The number of rotatable bonds is 3. The predicted molar refractivity (Wildman–Crippen MR) is 72.4 cm³/mol. The lowest BCUT2D eigenvalue weighted by molar-refractivity contribution is -0.396. The van der Waals surface area contributed by atoms with Crippen molar-refractivity contribution in [2.24, 2.45) is 23.7 Å². The van der Waals surface area contributed by atoms with Crippen LogP contribution in [0.1, 0.15) is 31.7 Å². The second-order valence-electron chi connectivity index (χ2n) is 6.03. The molecule has 0 amide bonds. The number of nitrogens with zero attached hydrogens (tertiary/aromatic N) is 2. The Morgan fingerprint density at radius 3 is 2.05 bits per heavy atom. The Kier molecular flexibility index (Phi) is 2.77. The molecule has 2 fully saturated rings. The molecule has 0 radical (unpaired) electrons.